The van der Waals surface area contributed by atoms with E-state index in [1.165, 1.54) is 23.5 Å². The molecule has 6 aromatic rings. The van der Waals surface area contributed by atoms with Gasteiger partial charge >= 0.3 is 0 Å². The highest BCUT2D eigenvalue weighted by molar-refractivity contribution is 7.92. The average Bonchev–Trinajstić information content (AvgIpc) is 3.57. The van der Waals surface area contributed by atoms with Crippen LogP contribution in [-0.4, -0.2) is 53.0 Å². The summed E-state index contributed by atoms with van der Waals surface area (Å²) >= 11 is 0. The Bertz CT molecular complexity index is 2260. The standard InChI is InChI=1S/C32H29FN4O5S2/c1-34-18-27-26-16-25(29(36(2)44(4,40)41)17-31(26)42-32(27)20-5-8-22(33)9-6-20)21-7-14-28-30(15-21)37(19-35-28)23-10-12-24(13-11-23)43(3,38)39/h5-17,19,34H,18H2,1-4H3. The number of sulfonamides is 1. The molecule has 2 aromatic heterocycles. The predicted octanol–water partition coefficient (Wildman–Crippen LogP) is 5.76. The van der Waals surface area contributed by atoms with Gasteiger partial charge < -0.3 is 9.73 Å². The van der Waals surface area contributed by atoms with Gasteiger partial charge in [0.05, 0.1) is 27.9 Å². The molecular formula is C32H29FN4O5S2. The summed E-state index contributed by atoms with van der Waals surface area (Å²) < 4.78 is 72.6. The van der Waals surface area contributed by atoms with E-state index < -0.39 is 19.9 Å². The monoisotopic (exact) mass is 632 g/mol. The fraction of sp³-hybridized carbons (Fsp3) is 0.156. The Balaban J connectivity index is 1.57. The zero-order valence-corrected chi connectivity index (χ0v) is 26.0. The number of hydrogen-bond donors (Lipinski definition) is 1. The number of hydrogen-bond acceptors (Lipinski definition) is 7. The minimum atomic E-state index is -3.65. The number of aromatic nitrogens is 2. The lowest BCUT2D eigenvalue weighted by Gasteiger charge is -2.21. The second-order valence-corrected chi connectivity index (χ2v) is 14.7. The van der Waals surface area contributed by atoms with Crippen LogP contribution in [0.3, 0.4) is 0 Å². The molecule has 226 valence electrons. The third-order valence-electron chi connectivity index (χ3n) is 7.61. The van der Waals surface area contributed by atoms with Crippen molar-refractivity contribution in [2.24, 2.45) is 0 Å². The summed E-state index contributed by atoms with van der Waals surface area (Å²) in [5, 5.41) is 3.96. The molecule has 0 aliphatic carbocycles. The molecule has 9 nitrogen and oxygen atoms in total. The van der Waals surface area contributed by atoms with Gasteiger partial charge in [-0.1, -0.05) is 6.07 Å². The fourth-order valence-corrected chi connectivity index (χ4v) is 6.41. The van der Waals surface area contributed by atoms with Crippen molar-refractivity contribution in [1.29, 1.82) is 0 Å². The van der Waals surface area contributed by atoms with Crippen molar-refractivity contribution < 1.29 is 25.6 Å². The maximum Gasteiger partial charge on any atom is 0.232 e. The Morgan fingerprint density at radius 1 is 0.909 bits per heavy atom. The molecule has 0 atom stereocenters. The molecule has 0 saturated heterocycles. The number of furan rings is 1. The molecule has 6 rings (SSSR count). The van der Waals surface area contributed by atoms with Crippen molar-refractivity contribution in [2.45, 2.75) is 11.4 Å². The van der Waals surface area contributed by atoms with E-state index in [-0.39, 0.29) is 10.7 Å². The first kappa shape index (κ1) is 29.5. The number of sulfone groups is 1. The summed E-state index contributed by atoms with van der Waals surface area (Å²) in [5.41, 5.74) is 6.00. The summed E-state index contributed by atoms with van der Waals surface area (Å²) in [6, 6.07) is 21.8. The summed E-state index contributed by atoms with van der Waals surface area (Å²) in [5.74, 6) is 0.200. The van der Waals surface area contributed by atoms with E-state index in [0.717, 1.165) is 40.2 Å². The van der Waals surface area contributed by atoms with Gasteiger partial charge in [-0.05, 0) is 79.3 Å². The molecule has 0 saturated carbocycles. The minimum absolute atomic E-state index is 0.214. The number of benzene rings is 4. The van der Waals surface area contributed by atoms with Gasteiger partial charge in [0.25, 0.3) is 0 Å². The largest absolute Gasteiger partial charge is 0.456 e. The molecule has 0 aliphatic heterocycles. The molecule has 0 unspecified atom stereocenters. The molecular weight excluding hydrogens is 604 g/mol. The van der Waals surface area contributed by atoms with Gasteiger partial charge in [0.2, 0.25) is 10.0 Å². The van der Waals surface area contributed by atoms with Gasteiger partial charge in [0.15, 0.2) is 9.84 Å². The molecule has 12 heteroatoms. The first-order chi connectivity index (χ1) is 20.8. The fourth-order valence-electron chi connectivity index (χ4n) is 5.28. The smallest absolute Gasteiger partial charge is 0.232 e. The third-order valence-corrected chi connectivity index (χ3v) is 9.93. The number of nitrogens with one attached hydrogen (secondary N) is 1. The van der Waals surface area contributed by atoms with E-state index in [1.54, 1.807) is 48.8 Å². The maximum absolute atomic E-state index is 13.7. The van der Waals surface area contributed by atoms with Crippen LogP contribution in [0, 0.1) is 5.82 Å². The number of imidazole rings is 1. The molecule has 0 bridgehead atoms. The number of nitrogens with zero attached hydrogens (tertiary/aromatic N) is 3. The van der Waals surface area contributed by atoms with E-state index in [2.05, 4.69) is 10.3 Å². The predicted molar refractivity (Wildman–Crippen MR) is 171 cm³/mol. The van der Waals surface area contributed by atoms with Crippen LogP contribution in [0.5, 0.6) is 0 Å². The van der Waals surface area contributed by atoms with Gasteiger partial charge in [-0.25, -0.2) is 26.2 Å². The van der Waals surface area contributed by atoms with Crippen molar-refractivity contribution in [3.8, 4) is 28.1 Å². The molecule has 0 spiro atoms. The van der Waals surface area contributed by atoms with Crippen molar-refractivity contribution in [1.82, 2.24) is 14.9 Å². The lowest BCUT2D eigenvalue weighted by Crippen LogP contribution is -2.25. The molecule has 0 radical (unpaired) electrons. The van der Waals surface area contributed by atoms with E-state index in [9.17, 15) is 21.2 Å². The van der Waals surface area contributed by atoms with Gasteiger partial charge in [-0.3, -0.25) is 8.87 Å². The zero-order chi connectivity index (χ0) is 31.4. The van der Waals surface area contributed by atoms with Crippen molar-refractivity contribution in [2.75, 3.05) is 30.9 Å². The lowest BCUT2D eigenvalue weighted by molar-refractivity contribution is 0.599. The second kappa shape index (κ2) is 10.9. The van der Waals surface area contributed by atoms with Crippen LogP contribution in [0.25, 0.3) is 50.1 Å². The second-order valence-electron chi connectivity index (χ2n) is 10.6. The zero-order valence-electron chi connectivity index (χ0n) is 24.4. The van der Waals surface area contributed by atoms with E-state index in [4.69, 9.17) is 4.42 Å². The van der Waals surface area contributed by atoms with Crippen LogP contribution < -0.4 is 9.62 Å². The Kier molecular flexibility index (Phi) is 7.31. The van der Waals surface area contributed by atoms with Crippen molar-refractivity contribution >= 4 is 47.6 Å². The highest BCUT2D eigenvalue weighted by Crippen LogP contribution is 2.42. The van der Waals surface area contributed by atoms with E-state index in [0.29, 0.717) is 40.2 Å². The summed E-state index contributed by atoms with van der Waals surface area (Å²) in [6.45, 7) is 0.454. The van der Waals surface area contributed by atoms with Crippen LogP contribution in [0.2, 0.25) is 0 Å². The maximum atomic E-state index is 13.7. The van der Waals surface area contributed by atoms with Gasteiger partial charge in [-0.15, -0.1) is 0 Å². The minimum Gasteiger partial charge on any atom is -0.456 e. The number of halogens is 1. The highest BCUT2D eigenvalue weighted by atomic mass is 32.2. The summed E-state index contributed by atoms with van der Waals surface area (Å²) in [4.78, 5) is 4.73. The molecule has 2 heterocycles. The summed E-state index contributed by atoms with van der Waals surface area (Å²) in [7, 11) is -3.70. The van der Waals surface area contributed by atoms with Crippen LogP contribution >= 0.6 is 0 Å². The Morgan fingerprint density at radius 2 is 1.59 bits per heavy atom. The highest BCUT2D eigenvalue weighted by Gasteiger charge is 2.23. The van der Waals surface area contributed by atoms with Gasteiger partial charge in [-0.2, -0.15) is 0 Å². The van der Waals surface area contributed by atoms with Crippen molar-refractivity contribution in [3.63, 3.8) is 0 Å². The Morgan fingerprint density at radius 3 is 2.23 bits per heavy atom. The van der Waals surface area contributed by atoms with Crippen molar-refractivity contribution in [3.05, 3.63) is 96.6 Å². The summed E-state index contributed by atoms with van der Waals surface area (Å²) in [6.07, 6.45) is 3.96. The number of rotatable bonds is 8. The van der Waals surface area contributed by atoms with Crippen LogP contribution in [0.15, 0.2) is 94.5 Å². The third kappa shape index (κ3) is 5.36. The first-order valence-electron chi connectivity index (χ1n) is 13.6. The van der Waals surface area contributed by atoms with Gasteiger partial charge in [0, 0.05) is 53.7 Å². The quantitative estimate of drug-likeness (QED) is 0.227. The Labute approximate surface area is 254 Å². The van der Waals surface area contributed by atoms with Gasteiger partial charge in [0.1, 0.15) is 23.5 Å². The molecule has 0 fully saturated rings. The van der Waals surface area contributed by atoms with Crippen LogP contribution in [-0.2, 0) is 26.4 Å². The molecule has 44 heavy (non-hydrogen) atoms. The molecule has 0 amide bonds. The average molecular weight is 633 g/mol. The van der Waals surface area contributed by atoms with E-state index in [1.807, 2.05) is 35.9 Å². The SMILES string of the molecule is CNCc1c(-c2ccc(F)cc2)oc2cc(N(C)S(C)(=O)=O)c(-c3ccc4ncn(-c5ccc(S(C)(=O)=O)cc5)c4c3)cc12. The molecule has 1 N–H and O–H groups in total. The Hall–Kier alpha value is -4.52. The number of anilines is 1. The number of fused-ring (bicyclic) bond motifs is 2. The lowest BCUT2D eigenvalue weighted by atomic mass is 9.98. The topological polar surface area (TPSA) is 115 Å². The first-order valence-corrected chi connectivity index (χ1v) is 17.3. The molecule has 4 aromatic carbocycles. The molecule has 0 aliphatic rings. The van der Waals surface area contributed by atoms with Crippen LogP contribution in [0.4, 0.5) is 10.1 Å². The van der Waals surface area contributed by atoms with E-state index >= 15 is 0 Å². The normalized spacial score (nSPS) is 12.3. The van der Waals surface area contributed by atoms with Crippen LogP contribution in [0.1, 0.15) is 5.56 Å².